The first kappa shape index (κ1) is 22.2. The highest BCUT2D eigenvalue weighted by molar-refractivity contribution is 5.70. The molecule has 2 heterocycles. The predicted octanol–water partition coefficient (Wildman–Crippen LogP) is 5.62. The predicted molar refractivity (Wildman–Crippen MR) is 124 cm³/mol. The Morgan fingerprint density at radius 1 is 0.719 bits per heavy atom. The third-order valence-corrected chi connectivity index (χ3v) is 6.24. The van der Waals surface area contributed by atoms with Crippen LogP contribution < -0.4 is 28.4 Å². The highest BCUT2D eigenvalue weighted by atomic mass is 16.5. The first-order valence-electron chi connectivity index (χ1n) is 10.7. The van der Waals surface area contributed by atoms with E-state index in [2.05, 4.69) is 33.8 Å². The zero-order chi connectivity index (χ0) is 23.3. The highest BCUT2D eigenvalue weighted by Crippen LogP contribution is 2.53. The summed E-state index contributed by atoms with van der Waals surface area (Å²) in [4.78, 5) is 0. The Hall–Kier alpha value is -3.02. The van der Waals surface area contributed by atoms with Gasteiger partial charge < -0.3 is 28.4 Å². The lowest BCUT2D eigenvalue weighted by Gasteiger charge is -2.44. The first-order valence-corrected chi connectivity index (χ1v) is 10.7. The van der Waals surface area contributed by atoms with Gasteiger partial charge in [0.15, 0.2) is 23.0 Å². The van der Waals surface area contributed by atoms with Crippen molar-refractivity contribution in [1.29, 1.82) is 0 Å². The Kier molecular flexibility index (Phi) is 5.43. The summed E-state index contributed by atoms with van der Waals surface area (Å²) in [5, 5.41) is 0. The second-order valence-corrected chi connectivity index (χ2v) is 9.32. The molecule has 1 atom stereocenters. The fourth-order valence-corrected chi connectivity index (χ4v) is 4.73. The van der Waals surface area contributed by atoms with Gasteiger partial charge in [-0.1, -0.05) is 0 Å². The maximum atomic E-state index is 6.51. The van der Waals surface area contributed by atoms with E-state index in [4.69, 9.17) is 28.4 Å². The van der Waals surface area contributed by atoms with E-state index in [0.29, 0.717) is 23.0 Å². The first-order chi connectivity index (χ1) is 15.1. The maximum Gasteiger partial charge on any atom is 0.164 e. The fraction of sp³-hybridized carbons (Fsp3) is 0.462. The largest absolute Gasteiger partial charge is 0.493 e. The molecule has 0 amide bonds. The van der Waals surface area contributed by atoms with Crippen LogP contribution in [0.1, 0.15) is 51.2 Å². The molecule has 2 aliphatic heterocycles. The molecule has 0 saturated heterocycles. The number of ether oxygens (including phenoxy) is 6. The average molecular weight is 441 g/mol. The normalized spacial score (nSPS) is 20.0. The molecule has 0 bridgehead atoms. The molecule has 6 nitrogen and oxygen atoms in total. The number of benzene rings is 2. The molecule has 0 aromatic heterocycles. The van der Waals surface area contributed by atoms with Crippen molar-refractivity contribution < 1.29 is 28.4 Å². The third kappa shape index (κ3) is 3.72. The maximum absolute atomic E-state index is 6.51. The molecule has 0 fully saturated rings. The number of fused-ring (bicyclic) bond motifs is 2. The molecule has 0 radical (unpaired) electrons. The molecule has 6 heteroatoms. The van der Waals surface area contributed by atoms with Gasteiger partial charge in [-0.2, -0.15) is 0 Å². The average Bonchev–Trinajstić information content (AvgIpc) is 2.75. The Morgan fingerprint density at radius 3 is 1.84 bits per heavy atom. The molecule has 0 unspecified atom stereocenters. The Bertz CT molecular complexity index is 1070. The highest BCUT2D eigenvalue weighted by Gasteiger charge is 2.43. The lowest BCUT2D eigenvalue weighted by molar-refractivity contribution is 0.0660. The third-order valence-electron chi connectivity index (χ3n) is 6.24. The molecule has 32 heavy (non-hydrogen) atoms. The number of hydrogen-bond donors (Lipinski definition) is 0. The van der Waals surface area contributed by atoms with Crippen molar-refractivity contribution in [1.82, 2.24) is 0 Å². The standard InChI is InChI=1S/C26H32O6/c1-25(2)14-17(16-11-22(28-6)24(30-8)13-20(16)31-25)18-9-15-10-21(27-5)23(29-7)12-19(15)32-26(18,3)4/h9-13,17H,14H2,1-8H3/t17-/m1/s1. The van der Waals surface area contributed by atoms with Crippen LogP contribution in [0.15, 0.2) is 29.8 Å². The van der Waals surface area contributed by atoms with Crippen LogP contribution in [0, 0.1) is 0 Å². The Labute approximate surface area is 190 Å². The van der Waals surface area contributed by atoms with Crippen molar-refractivity contribution in [3.8, 4) is 34.5 Å². The lowest BCUT2D eigenvalue weighted by atomic mass is 9.73. The zero-order valence-electron chi connectivity index (χ0n) is 20.1. The molecule has 2 aliphatic rings. The smallest absolute Gasteiger partial charge is 0.164 e. The van der Waals surface area contributed by atoms with E-state index in [1.807, 2.05) is 24.3 Å². The quantitative estimate of drug-likeness (QED) is 0.601. The van der Waals surface area contributed by atoms with E-state index in [9.17, 15) is 0 Å². The van der Waals surface area contributed by atoms with Crippen molar-refractivity contribution in [3.63, 3.8) is 0 Å². The second-order valence-electron chi connectivity index (χ2n) is 9.32. The minimum atomic E-state index is -0.533. The van der Waals surface area contributed by atoms with Crippen molar-refractivity contribution >= 4 is 6.08 Å². The minimum absolute atomic E-state index is 0.0739. The van der Waals surface area contributed by atoms with Gasteiger partial charge in [0.25, 0.3) is 0 Å². The molecule has 0 aliphatic carbocycles. The van der Waals surface area contributed by atoms with E-state index in [0.717, 1.165) is 29.0 Å². The van der Waals surface area contributed by atoms with Crippen LogP contribution in [-0.4, -0.2) is 39.6 Å². The van der Waals surface area contributed by atoms with Crippen molar-refractivity contribution in [2.24, 2.45) is 0 Å². The molecule has 0 spiro atoms. The van der Waals surface area contributed by atoms with Gasteiger partial charge >= 0.3 is 0 Å². The molecular weight excluding hydrogens is 408 g/mol. The molecule has 2 aromatic rings. The van der Waals surface area contributed by atoms with Crippen LogP contribution in [0.2, 0.25) is 0 Å². The van der Waals surface area contributed by atoms with E-state index in [1.165, 1.54) is 5.57 Å². The lowest BCUT2D eigenvalue weighted by Crippen LogP contribution is -2.41. The molecule has 2 aromatic carbocycles. The second kappa shape index (κ2) is 7.84. The van der Waals surface area contributed by atoms with Gasteiger partial charge in [-0.3, -0.25) is 0 Å². The van der Waals surface area contributed by atoms with Gasteiger partial charge in [-0.15, -0.1) is 0 Å². The van der Waals surface area contributed by atoms with Crippen LogP contribution in [0.4, 0.5) is 0 Å². The topological polar surface area (TPSA) is 55.4 Å². The van der Waals surface area contributed by atoms with E-state index < -0.39 is 5.60 Å². The monoisotopic (exact) mass is 440 g/mol. The summed E-state index contributed by atoms with van der Waals surface area (Å²) in [6, 6.07) is 7.79. The molecule has 0 saturated carbocycles. The van der Waals surface area contributed by atoms with Gasteiger partial charge in [-0.05, 0) is 57.9 Å². The number of rotatable bonds is 5. The van der Waals surface area contributed by atoms with Crippen LogP contribution in [0.25, 0.3) is 6.08 Å². The van der Waals surface area contributed by atoms with Crippen LogP contribution >= 0.6 is 0 Å². The SMILES string of the molecule is COc1cc2c(cc1OC)OC(C)(C)C([C@@H]1CC(C)(C)Oc3cc(OC)c(OC)cc31)=C2. The summed E-state index contributed by atoms with van der Waals surface area (Å²) in [5.41, 5.74) is 2.31. The summed E-state index contributed by atoms with van der Waals surface area (Å²) in [5.74, 6) is 4.30. The number of methoxy groups -OCH3 is 4. The molecule has 0 N–H and O–H groups in total. The van der Waals surface area contributed by atoms with E-state index in [-0.39, 0.29) is 11.5 Å². The Balaban J connectivity index is 1.89. The van der Waals surface area contributed by atoms with Crippen LogP contribution in [0.5, 0.6) is 34.5 Å². The summed E-state index contributed by atoms with van der Waals surface area (Å²) < 4.78 is 35.0. The minimum Gasteiger partial charge on any atom is -0.493 e. The Morgan fingerprint density at radius 2 is 1.25 bits per heavy atom. The van der Waals surface area contributed by atoms with Gasteiger partial charge in [-0.25, -0.2) is 0 Å². The van der Waals surface area contributed by atoms with Crippen molar-refractivity contribution in [2.75, 3.05) is 28.4 Å². The van der Waals surface area contributed by atoms with Gasteiger partial charge in [0, 0.05) is 29.2 Å². The van der Waals surface area contributed by atoms with Gasteiger partial charge in [0.1, 0.15) is 22.7 Å². The summed E-state index contributed by atoms with van der Waals surface area (Å²) in [6.07, 6.45) is 3.02. The fourth-order valence-electron chi connectivity index (χ4n) is 4.73. The van der Waals surface area contributed by atoms with Crippen LogP contribution in [0.3, 0.4) is 0 Å². The number of hydrogen-bond acceptors (Lipinski definition) is 6. The zero-order valence-corrected chi connectivity index (χ0v) is 20.1. The summed E-state index contributed by atoms with van der Waals surface area (Å²) in [7, 11) is 6.55. The molecular formula is C26H32O6. The van der Waals surface area contributed by atoms with Gasteiger partial charge in [0.05, 0.1) is 28.4 Å². The molecule has 4 rings (SSSR count). The van der Waals surface area contributed by atoms with E-state index in [1.54, 1.807) is 28.4 Å². The van der Waals surface area contributed by atoms with Gasteiger partial charge in [0.2, 0.25) is 0 Å². The van der Waals surface area contributed by atoms with E-state index >= 15 is 0 Å². The summed E-state index contributed by atoms with van der Waals surface area (Å²) in [6.45, 7) is 8.42. The van der Waals surface area contributed by atoms with Crippen molar-refractivity contribution in [3.05, 3.63) is 41.0 Å². The summed E-state index contributed by atoms with van der Waals surface area (Å²) >= 11 is 0. The van der Waals surface area contributed by atoms with Crippen molar-refractivity contribution in [2.45, 2.75) is 51.2 Å². The van der Waals surface area contributed by atoms with Crippen LogP contribution in [-0.2, 0) is 0 Å². The molecule has 172 valence electrons.